The van der Waals surface area contributed by atoms with E-state index in [2.05, 4.69) is 6.92 Å². The van der Waals surface area contributed by atoms with E-state index in [4.69, 9.17) is 20.9 Å². The third kappa shape index (κ3) is 5.27. The summed E-state index contributed by atoms with van der Waals surface area (Å²) in [5, 5.41) is 0. The number of rotatable bonds is 9. The summed E-state index contributed by atoms with van der Waals surface area (Å²) >= 11 is 0. The average Bonchev–Trinajstić information content (AvgIpc) is 2.46. The Bertz CT molecular complexity index is 463. The largest absolute Gasteiger partial charge is 0.490 e. The Labute approximate surface area is 126 Å². The molecule has 1 aromatic carbocycles. The molecule has 0 aliphatic rings. The second kappa shape index (κ2) is 8.52. The number of primary amides is 1. The SMILES string of the molecule is CCOc1cc(CC(N)CC)ccc1OC(CC)C(N)=O. The van der Waals surface area contributed by atoms with Gasteiger partial charge in [-0.2, -0.15) is 0 Å². The molecule has 2 atom stereocenters. The third-order valence-electron chi connectivity index (χ3n) is 3.29. The molecular formula is C16H26N2O3. The van der Waals surface area contributed by atoms with E-state index in [9.17, 15) is 4.79 Å². The van der Waals surface area contributed by atoms with Crippen LogP contribution in [0.15, 0.2) is 18.2 Å². The zero-order valence-corrected chi connectivity index (χ0v) is 13.1. The fourth-order valence-corrected chi connectivity index (χ4v) is 1.99. The fourth-order valence-electron chi connectivity index (χ4n) is 1.99. The highest BCUT2D eigenvalue weighted by molar-refractivity contribution is 5.79. The van der Waals surface area contributed by atoms with Gasteiger partial charge in [-0.3, -0.25) is 4.79 Å². The van der Waals surface area contributed by atoms with Crippen molar-refractivity contribution in [2.24, 2.45) is 11.5 Å². The van der Waals surface area contributed by atoms with Crippen LogP contribution >= 0.6 is 0 Å². The number of benzene rings is 1. The lowest BCUT2D eigenvalue weighted by molar-refractivity contribution is -0.124. The van der Waals surface area contributed by atoms with E-state index < -0.39 is 12.0 Å². The van der Waals surface area contributed by atoms with E-state index >= 15 is 0 Å². The lowest BCUT2D eigenvalue weighted by atomic mass is 10.0. The van der Waals surface area contributed by atoms with Crippen LogP contribution in [0.5, 0.6) is 11.5 Å². The standard InChI is InChI=1S/C16H26N2O3/c1-4-12(17)9-11-7-8-14(15(10-11)20-6-3)21-13(5-2)16(18)19/h7-8,10,12-13H,4-6,9,17H2,1-3H3,(H2,18,19). The number of hydrogen-bond donors (Lipinski definition) is 2. The highest BCUT2D eigenvalue weighted by Crippen LogP contribution is 2.30. The second-order valence-corrected chi connectivity index (χ2v) is 5.00. The first-order valence-electron chi connectivity index (χ1n) is 7.49. The van der Waals surface area contributed by atoms with E-state index in [1.165, 1.54) is 0 Å². The number of hydrogen-bond acceptors (Lipinski definition) is 4. The maximum absolute atomic E-state index is 11.3. The molecular weight excluding hydrogens is 268 g/mol. The highest BCUT2D eigenvalue weighted by Gasteiger charge is 2.17. The van der Waals surface area contributed by atoms with Gasteiger partial charge in [0.05, 0.1) is 6.61 Å². The van der Waals surface area contributed by atoms with Crippen LogP contribution in [-0.4, -0.2) is 24.7 Å². The number of carbonyl (C=O) groups excluding carboxylic acids is 1. The summed E-state index contributed by atoms with van der Waals surface area (Å²) in [6.45, 7) is 6.33. The smallest absolute Gasteiger partial charge is 0.258 e. The van der Waals surface area contributed by atoms with Gasteiger partial charge in [0, 0.05) is 6.04 Å². The first-order valence-corrected chi connectivity index (χ1v) is 7.49. The van der Waals surface area contributed by atoms with Gasteiger partial charge < -0.3 is 20.9 Å². The zero-order chi connectivity index (χ0) is 15.8. The molecule has 21 heavy (non-hydrogen) atoms. The predicted octanol–water partition coefficient (Wildman–Crippen LogP) is 2.01. The number of carbonyl (C=O) groups is 1. The molecule has 0 spiro atoms. The van der Waals surface area contributed by atoms with E-state index in [1.54, 1.807) is 0 Å². The van der Waals surface area contributed by atoms with Crippen molar-refractivity contribution in [1.82, 2.24) is 0 Å². The third-order valence-corrected chi connectivity index (χ3v) is 3.29. The molecule has 0 aliphatic carbocycles. The van der Waals surface area contributed by atoms with Crippen LogP contribution in [0, 0.1) is 0 Å². The summed E-state index contributed by atoms with van der Waals surface area (Å²) in [6, 6.07) is 5.80. The van der Waals surface area contributed by atoms with Gasteiger partial charge in [-0.25, -0.2) is 0 Å². The molecule has 1 aromatic rings. The number of ether oxygens (including phenoxy) is 2. The van der Waals surface area contributed by atoms with Gasteiger partial charge in [0.2, 0.25) is 0 Å². The monoisotopic (exact) mass is 294 g/mol. The van der Waals surface area contributed by atoms with Crippen molar-refractivity contribution < 1.29 is 14.3 Å². The molecule has 0 saturated carbocycles. The summed E-state index contributed by atoms with van der Waals surface area (Å²) in [5.41, 5.74) is 12.4. The molecule has 0 aromatic heterocycles. The lowest BCUT2D eigenvalue weighted by Crippen LogP contribution is -2.33. The van der Waals surface area contributed by atoms with Crippen molar-refractivity contribution >= 4 is 5.91 Å². The van der Waals surface area contributed by atoms with E-state index in [0.717, 1.165) is 18.4 Å². The minimum absolute atomic E-state index is 0.125. The number of nitrogens with two attached hydrogens (primary N) is 2. The van der Waals surface area contributed by atoms with Crippen molar-refractivity contribution in [1.29, 1.82) is 0 Å². The average molecular weight is 294 g/mol. The van der Waals surface area contributed by atoms with Crippen LogP contribution in [-0.2, 0) is 11.2 Å². The second-order valence-electron chi connectivity index (χ2n) is 5.00. The Morgan fingerprint density at radius 3 is 2.43 bits per heavy atom. The highest BCUT2D eigenvalue weighted by atomic mass is 16.5. The van der Waals surface area contributed by atoms with Crippen LogP contribution < -0.4 is 20.9 Å². The van der Waals surface area contributed by atoms with Gasteiger partial charge in [0.25, 0.3) is 5.91 Å². The van der Waals surface area contributed by atoms with Gasteiger partial charge in [0.15, 0.2) is 17.6 Å². The van der Waals surface area contributed by atoms with E-state index in [0.29, 0.717) is 24.5 Å². The van der Waals surface area contributed by atoms with Gasteiger partial charge in [-0.05, 0) is 43.9 Å². The van der Waals surface area contributed by atoms with Crippen molar-refractivity contribution in [2.75, 3.05) is 6.61 Å². The van der Waals surface area contributed by atoms with Crippen LogP contribution in [0.4, 0.5) is 0 Å². The molecule has 1 rings (SSSR count). The van der Waals surface area contributed by atoms with Crippen LogP contribution in [0.1, 0.15) is 39.2 Å². The van der Waals surface area contributed by atoms with Gasteiger partial charge in [0.1, 0.15) is 0 Å². The maximum Gasteiger partial charge on any atom is 0.258 e. The van der Waals surface area contributed by atoms with E-state index in [1.807, 2.05) is 32.0 Å². The molecule has 0 aliphatic heterocycles. The zero-order valence-electron chi connectivity index (χ0n) is 13.1. The Morgan fingerprint density at radius 2 is 1.90 bits per heavy atom. The van der Waals surface area contributed by atoms with Crippen LogP contribution in [0.3, 0.4) is 0 Å². The topological polar surface area (TPSA) is 87.6 Å². The van der Waals surface area contributed by atoms with E-state index in [-0.39, 0.29) is 6.04 Å². The van der Waals surface area contributed by atoms with Crippen LogP contribution in [0.2, 0.25) is 0 Å². The molecule has 5 heteroatoms. The molecule has 5 nitrogen and oxygen atoms in total. The van der Waals surface area contributed by atoms with Crippen molar-refractivity contribution in [3.8, 4) is 11.5 Å². The molecule has 1 amide bonds. The Kier molecular flexibility index (Phi) is 7.02. The minimum Gasteiger partial charge on any atom is -0.490 e. The lowest BCUT2D eigenvalue weighted by Gasteiger charge is -2.18. The predicted molar refractivity (Wildman–Crippen MR) is 83.5 cm³/mol. The molecule has 0 fully saturated rings. The quantitative estimate of drug-likeness (QED) is 0.729. The summed E-state index contributed by atoms with van der Waals surface area (Å²) in [6.07, 6.45) is 1.57. The number of amides is 1. The molecule has 2 unspecified atom stereocenters. The summed E-state index contributed by atoms with van der Waals surface area (Å²) in [5.74, 6) is 0.686. The normalized spacial score (nSPS) is 13.5. The molecule has 0 saturated heterocycles. The van der Waals surface area contributed by atoms with Crippen LogP contribution in [0.25, 0.3) is 0 Å². The molecule has 118 valence electrons. The first kappa shape index (κ1) is 17.3. The Morgan fingerprint density at radius 1 is 1.19 bits per heavy atom. The Balaban J connectivity index is 2.95. The Hall–Kier alpha value is -1.75. The summed E-state index contributed by atoms with van der Waals surface area (Å²) < 4.78 is 11.3. The minimum atomic E-state index is -0.645. The van der Waals surface area contributed by atoms with Gasteiger partial charge >= 0.3 is 0 Å². The molecule has 4 N–H and O–H groups in total. The fraction of sp³-hybridized carbons (Fsp3) is 0.562. The maximum atomic E-state index is 11.3. The van der Waals surface area contributed by atoms with Gasteiger partial charge in [-0.15, -0.1) is 0 Å². The first-order chi connectivity index (χ1) is 10.0. The van der Waals surface area contributed by atoms with Crippen molar-refractivity contribution in [3.63, 3.8) is 0 Å². The molecule has 0 bridgehead atoms. The van der Waals surface area contributed by atoms with Gasteiger partial charge in [-0.1, -0.05) is 19.9 Å². The molecule has 0 heterocycles. The van der Waals surface area contributed by atoms with Crippen molar-refractivity contribution in [3.05, 3.63) is 23.8 Å². The summed E-state index contributed by atoms with van der Waals surface area (Å²) in [4.78, 5) is 11.3. The van der Waals surface area contributed by atoms with Crippen molar-refractivity contribution in [2.45, 2.75) is 52.2 Å². The summed E-state index contributed by atoms with van der Waals surface area (Å²) in [7, 11) is 0. The molecule has 0 radical (unpaired) electrons.